The molecule has 5 heteroatoms. The molecule has 1 heterocycles. The predicted molar refractivity (Wildman–Crippen MR) is 87.9 cm³/mol. The number of rotatable bonds is 5. The van der Waals surface area contributed by atoms with Crippen LogP contribution in [0.3, 0.4) is 0 Å². The molecule has 0 aliphatic carbocycles. The molecule has 0 radical (unpaired) electrons. The van der Waals surface area contributed by atoms with E-state index >= 15 is 0 Å². The summed E-state index contributed by atoms with van der Waals surface area (Å²) in [4.78, 5) is 7.84. The summed E-state index contributed by atoms with van der Waals surface area (Å²) in [6.07, 6.45) is 0.994. The molecule has 3 rings (SSSR count). The maximum atomic E-state index is 5.77. The van der Waals surface area contributed by atoms with E-state index in [0.29, 0.717) is 0 Å². The number of ether oxygens (including phenoxy) is 1. The Morgan fingerprint density at radius 2 is 2.00 bits per heavy atom. The van der Waals surface area contributed by atoms with Crippen LogP contribution in [0.25, 0.3) is 11.0 Å². The van der Waals surface area contributed by atoms with Gasteiger partial charge in [-0.2, -0.15) is 0 Å². The fourth-order valence-electron chi connectivity index (χ4n) is 2.13. The van der Waals surface area contributed by atoms with E-state index in [0.717, 1.165) is 39.8 Å². The number of aromatic amines is 1. The molecule has 0 saturated heterocycles. The topological polar surface area (TPSA) is 63.9 Å². The van der Waals surface area contributed by atoms with Gasteiger partial charge < -0.3 is 15.5 Å². The third-order valence-electron chi connectivity index (χ3n) is 3.27. The fourth-order valence-corrected chi connectivity index (χ4v) is 3.01. The van der Waals surface area contributed by atoms with Crippen LogP contribution in [0.15, 0.2) is 47.6 Å². The highest BCUT2D eigenvalue weighted by Crippen LogP contribution is 2.22. The molecule has 0 bridgehead atoms. The first-order valence-corrected chi connectivity index (χ1v) is 7.74. The summed E-state index contributed by atoms with van der Waals surface area (Å²) in [5.74, 6) is 1.86. The summed E-state index contributed by atoms with van der Waals surface area (Å²) in [6, 6.07) is 13.9. The molecule has 0 saturated carbocycles. The van der Waals surface area contributed by atoms with Gasteiger partial charge in [-0.3, -0.25) is 0 Å². The number of fused-ring (bicyclic) bond motifs is 1. The first-order valence-electron chi connectivity index (χ1n) is 6.75. The van der Waals surface area contributed by atoms with Crippen molar-refractivity contribution >= 4 is 28.5 Å². The number of aryl methyl sites for hydroxylation is 1. The maximum absolute atomic E-state index is 5.77. The van der Waals surface area contributed by atoms with Crippen molar-refractivity contribution in [2.45, 2.75) is 11.6 Å². The normalized spacial score (nSPS) is 10.9. The van der Waals surface area contributed by atoms with E-state index in [1.165, 1.54) is 5.56 Å². The number of aromatic nitrogens is 2. The molecule has 108 valence electrons. The van der Waals surface area contributed by atoms with Crippen LogP contribution in [0.5, 0.6) is 5.75 Å². The van der Waals surface area contributed by atoms with Crippen LogP contribution in [0.2, 0.25) is 0 Å². The molecule has 0 aliphatic rings. The molecule has 2 aromatic carbocycles. The second kappa shape index (κ2) is 6.10. The first kappa shape index (κ1) is 13.8. The molecule has 0 spiro atoms. The molecule has 0 amide bonds. The third kappa shape index (κ3) is 3.31. The van der Waals surface area contributed by atoms with Gasteiger partial charge in [0.1, 0.15) is 5.75 Å². The van der Waals surface area contributed by atoms with Crippen molar-refractivity contribution in [2.24, 2.45) is 0 Å². The van der Waals surface area contributed by atoms with E-state index in [-0.39, 0.29) is 0 Å². The highest BCUT2D eigenvalue weighted by molar-refractivity contribution is 7.99. The lowest BCUT2D eigenvalue weighted by Crippen LogP contribution is -1.90. The molecule has 1 aromatic heterocycles. The lowest BCUT2D eigenvalue weighted by molar-refractivity contribution is 0.414. The molecule has 4 nitrogen and oxygen atoms in total. The van der Waals surface area contributed by atoms with E-state index in [1.54, 1.807) is 18.9 Å². The number of nitrogens with zero attached hydrogens (tertiary/aromatic N) is 1. The standard InChI is InChI=1S/C16H17N3OS/c1-20-13-5-2-11(3-6-13)8-9-21-16-18-14-7-4-12(17)10-15(14)19-16/h2-7,10H,8-9,17H2,1H3,(H,18,19). The van der Waals surface area contributed by atoms with E-state index in [2.05, 4.69) is 22.1 Å². The molecule has 0 aliphatic heterocycles. The van der Waals surface area contributed by atoms with Gasteiger partial charge in [0.15, 0.2) is 5.16 Å². The monoisotopic (exact) mass is 299 g/mol. The van der Waals surface area contributed by atoms with E-state index < -0.39 is 0 Å². The van der Waals surface area contributed by atoms with Gasteiger partial charge in [0.25, 0.3) is 0 Å². The number of nitrogens with two attached hydrogens (primary N) is 1. The zero-order chi connectivity index (χ0) is 14.7. The van der Waals surface area contributed by atoms with Crippen LogP contribution in [0, 0.1) is 0 Å². The van der Waals surface area contributed by atoms with Crippen molar-refractivity contribution in [3.05, 3.63) is 48.0 Å². The van der Waals surface area contributed by atoms with Crippen LogP contribution in [-0.4, -0.2) is 22.8 Å². The largest absolute Gasteiger partial charge is 0.497 e. The molecular formula is C16H17N3OS. The SMILES string of the molecule is COc1ccc(CCSc2nc3ccc(N)cc3[nH]2)cc1. The van der Waals surface area contributed by atoms with Crippen LogP contribution >= 0.6 is 11.8 Å². The summed E-state index contributed by atoms with van der Waals surface area (Å²) in [5.41, 5.74) is 9.76. The van der Waals surface area contributed by atoms with Gasteiger partial charge in [0.2, 0.25) is 0 Å². The number of hydrogen-bond acceptors (Lipinski definition) is 4. The minimum absolute atomic E-state index is 0.751. The Bertz CT molecular complexity index is 737. The molecule has 0 unspecified atom stereocenters. The van der Waals surface area contributed by atoms with Crippen molar-refractivity contribution in [3.8, 4) is 5.75 Å². The Hall–Kier alpha value is -2.14. The summed E-state index contributed by atoms with van der Waals surface area (Å²) < 4.78 is 5.16. The zero-order valence-corrected chi connectivity index (χ0v) is 12.6. The van der Waals surface area contributed by atoms with Gasteiger partial charge >= 0.3 is 0 Å². The van der Waals surface area contributed by atoms with Crippen LogP contribution in [-0.2, 0) is 6.42 Å². The second-order valence-electron chi connectivity index (χ2n) is 4.77. The minimum Gasteiger partial charge on any atom is -0.497 e. The van der Waals surface area contributed by atoms with Crippen LogP contribution < -0.4 is 10.5 Å². The smallest absolute Gasteiger partial charge is 0.166 e. The van der Waals surface area contributed by atoms with Crippen LogP contribution in [0.1, 0.15) is 5.56 Å². The van der Waals surface area contributed by atoms with Crippen molar-refractivity contribution < 1.29 is 4.74 Å². The van der Waals surface area contributed by atoms with Gasteiger partial charge in [-0.05, 0) is 42.3 Å². The number of nitrogen functional groups attached to an aromatic ring is 1. The summed E-state index contributed by atoms with van der Waals surface area (Å²) in [6.45, 7) is 0. The van der Waals surface area contributed by atoms with Crippen molar-refractivity contribution in [1.29, 1.82) is 0 Å². The van der Waals surface area contributed by atoms with Gasteiger partial charge in [-0.15, -0.1) is 0 Å². The minimum atomic E-state index is 0.751. The highest BCUT2D eigenvalue weighted by Gasteiger charge is 2.04. The third-order valence-corrected chi connectivity index (χ3v) is 4.15. The lowest BCUT2D eigenvalue weighted by Gasteiger charge is -2.02. The van der Waals surface area contributed by atoms with E-state index in [9.17, 15) is 0 Å². The summed E-state index contributed by atoms with van der Waals surface area (Å²) in [5, 5.41) is 0.934. The number of benzene rings is 2. The highest BCUT2D eigenvalue weighted by atomic mass is 32.2. The Kier molecular flexibility index (Phi) is 4.01. The number of H-pyrrole nitrogens is 1. The Balaban J connectivity index is 1.60. The number of imidazole rings is 1. The molecule has 21 heavy (non-hydrogen) atoms. The second-order valence-corrected chi connectivity index (χ2v) is 5.85. The Morgan fingerprint density at radius 3 is 2.76 bits per heavy atom. The predicted octanol–water partition coefficient (Wildman–Crippen LogP) is 3.49. The number of thioether (sulfide) groups is 1. The summed E-state index contributed by atoms with van der Waals surface area (Å²) in [7, 11) is 1.68. The van der Waals surface area contributed by atoms with Gasteiger partial charge in [-0.1, -0.05) is 23.9 Å². The maximum Gasteiger partial charge on any atom is 0.166 e. The molecule has 3 aromatic rings. The number of anilines is 1. The fraction of sp³-hybridized carbons (Fsp3) is 0.188. The number of methoxy groups -OCH3 is 1. The average molecular weight is 299 g/mol. The molecule has 0 atom stereocenters. The van der Waals surface area contributed by atoms with Gasteiger partial charge in [0, 0.05) is 11.4 Å². The van der Waals surface area contributed by atoms with E-state index in [1.807, 2.05) is 30.3 Å². The van der Waals surface area contributed by atoms with Crippen molar-refractivity contribution in [3.63, 3.8) is 0 Å². The van der Waals surface area contributed by atoms with Crippen molar-refractivity contribution in [2.75, 3.05) is 18.6 Å². The quantitative estimate of drug-likeness (QED) is 0.559. The van der Waals surface area contributed by atoms with Gasteiger partial charge in [-0.25, -0.2) is 4.98 Å². The zero-order valence-electron chi connectivity index (χ0n) is 11.8. The molecule has 3 N–H and O–H groups in total. The Morgan fingerprint density at radius 1 is 1.19 bits per heavy atom. The average Bonchev–Trinajstić information content (AvgIpc) is 2.89. The number of hydrogen-bond donors (Lipinski definition) is 2. The van der Waals surface area contributed by atoms with Crippen molar-refractivity contribution in [1.82, 2.24) is 9.97 Å². The lowest BCUT2D eigenvalue weighted by atomic mass is 10.2. The molecular weight excluding hydrogens is 282 g/mol. The van der Waals surface area contributed by atoms with Crippen LogP contribution in [0.4, 0.5) is 5.69 Å². The first-order chi connectivity index (χ1) is 10.2. The van der Waals surface area contributed by atoms with E-state index in [4.69, 9.17) is 10.5 Å². The Labute approximate surface area is 127 Å². The molecule has 0 fully saturated rings. The van der Waals surface area contributed by atoms with Gasteiger partial charge in [0.05, 0.1) is 18.1 Å². The number of nitrogens with one attached hydrogen (secondary N) is 1. The summed E-state index contributed by atoms with van der Waals surface area (Å²) >= 11 is 1.72.